The van der Waals surface area contributed by atoms with Crippen molar-refractivity contribution in [3.05, 3.63) is 11.9 Å². The molecule has 7 nitrogen and oxygen atoms in total. The van der Waals surface area contributed by atoms with E-state index in [1.165, 1.54) is 12.8 Å². The average molecular weight is 328 g/mol. The predicted octanol–water partition coefficient (Wildman–Crippen LogP) is 1.19. The molecule has 1 saturated carbocycles. The van der Waals surface area contributed by atoms with Gasteiger partial charge in [0, 0.05) is 19.7 Å². The van der Waals surface area contributed by atoms with E-state index in [1.807, 2.05) is 6.20 Å². The van der Waals surface area contributed by atoms with Gasteiger partial charge in [0.1, 0.15) is 5.69 Å². The van der Waals surface area contributed by atoms with Crippen molar-refractivity contribution in [3.8, 4) is 0 Å². The van der Waals surface area contributed by atoms with E-state index in [0.29, 0.717) is 19.7 Å². The van der Waals surface area contributed by atoms with E-state index in [-0.39, 0.29) is 11.3 Å². The van der Waals surface area contributed by atoms with Gasteiger partial charge in [-0.05, 0) is 39.0 Å². The van der Waals surface area contributed by atoms with Crippen molar-refractivity contribution in [1.29, 1.82) is 0 Å². The number of ether oxygens (including phenoxy) is 1. The Bertz CT molecular complexity index is 609. The predicted molar refractivity (Wildman–Crippen MR) is 81.7 cm³/mol. The van der Waals surface area contributed by atoms with Crippen LogP contribution in [-0.4, -0.2) is 52.7 Å². The summed E-state index contributed by atoms with van der Waals surface area (Å²) >= 11 is 0. The van der Waals surface area contributed by atoms with E-state index in [1.54, 1.807) is 22.8 Å². The minimum Gasteiger partial charge on any atom is -0.375 e. The lowest BCUT2D eigenvalue weighted by molar-refractivity contribution is 0.108. The molecule has 0 amide bonds. The van der Waals surface area contributed by atoms with Crippen LogP contribution in [0.25, 0.3) is 0 Å². The Labute approximate surface area is 131 Å². The van der Waals surface area contributed by atoms with Crippen LogP contribution in [0, 0.1) is 5.92 Å². The first kappa shape index (κ1) is 15.9. The molecular formula is C14H24N4O3S. The highest BCUT2D eigenvalue weighted by atomic mass is 32.2. The summed E-state index contributed by atoms with van der Waals surface area (Å²) in [7, 11) is -3.18. The number of rotatable bonds is 7. The molecule has 1 aromatic rings. The van der Waals surface area contributed by atoms with Crippen molar-refractivity contribution in [3.63, 3.8) is 0 Å². The van der Waals surface area contributed by atoms with Crippen molar-refractivity contribution in [2.45, 2.75) is 51.0 Å². The fourth-order valence-electron chi connectivity index (χ4n) is 2.63. The van der Waals surface area contributed by atoms with Gasteiger partial charge in [-0.15, -0.1) is 5.10 Å². The SMILES string of the molecule is CC(C)S(=O)(=O)N1CC[C@H](n2cc(COCC3CC3)nn2)C1. The maximum Gasteiger partial charge on any atom is 0.216 e. The molecule has 0 spiro atoms. The second-order valence-electron chi connectivity index (χ2n) is 6.54. The molecule has 1 aliphatic carbocycles. The summed E-state index contributed by atoms with van der Waals surface area (Å²) in [5, 5.41) is 7.88. The van der Waals surface area contributed by atoms with Crippen LogP contribution in [0.3, 0.4) is 0 Å². The van der Waals surface area contributed by atoms with E-state index in [4.69, 9.17) is 4.74 Å². The zero-order valence-corrected chi connectivity index (χ0v) is 14.0. The lowest BCUT2D eigenvalue weighted by atomic mass is 10.3. The zero-order chi connectivity index (χ0) is 15.7. The molecule has 8 heteroatoms. The van der Waals surface area contributed by atoms with Crippen molar-refractivity contribution in [2.24, 2.45) is 5.92 Å². The molecule has 0 unspecified atom stereocenters. The normalized spacial score (nSPS) is 23.5. The first-order valence-corrected chi connectivity index (χ1v) is 9.44. The largest absolute Gasteiger partial charge is 0.375 e. The van der Waals surface area contributed by atoms with E-state index in [0.717, 1.165) is 24.6 Å². The lowest BCUT2D eigenvalue weighted by Gasteiger charge is -2.18. The van der Waals surface area contributed by atoms with Gasteiger partial charge in [0.15, 0.2) is 0 Å². The zero-order valence-electron chi connectivity index (χ0n) is 13.2. The Kier molecular flexibility index (Phi) is 4.52. The number of hydrogen-bond donors (Lipinski definition) is 0. The van der Waals surface area contributed by atoms with Crippen LogP contribution < -0.4 is 0 Å². The summed E-state index contributed by atoms with van der Waals surface area (Å²) < 4.78 is 33.3. The fraction of sp³-hybridized carbons (Fsp3) is 0.857. The summed E-state index contributed by atoms with van der Waals surface area (Å²) in [5.41, 5.74) is 0.811. The summed E-state index contributed by atoms with van der Waals surface area (Å²) in [6.45, 7) is 5.75. The van der Waals surface area contributed by atoms with Gasteiger partial charge in [-0.3, -0.25) is 0 Å². The smallest absolute Gasteiger partial charge is 0.216 e. The number of aromatic nitrogens is 3. The number of sulfonamides is 1. The Morgan fingerprint density at radius 2 is 2.14 bits per heavy atom. The van der Waals surface area contributed by atoms with Crippen LogP contribution in [0.2, 0.25) is 0 Å². The minimum absolute atomic E-state index is 0.0678. The highest BCUT2D eigenvalue weighted by molar-refractivity contribution is 7.89. The maximum atomic E-state index is 12.2. The summed E-state index contributed by atoms with van der Waals surface area (Å²) in [6.07, 6.45) is 5.20. The van der Waals surface area contributed by atoms with Gasteiger partial charge in [0.05, 0.1) is 24.1 Å². The van der Waals surface area contributed by atoms with E-state index < -0.39 is 10.0 Å². The van der Waals surface area contributed by atoms with Crippen LogP contribution in [0.15, 0.2) is 6.20 Å². The molecule has 1 aromatic heterocycles. The van der Waals surface area contributed by atoms with E-state index >= 15 is 0 Å². The van der Waals surface area contributed by atoms with Crippen molar-refractivity contribution >= 4 is 10.0 Å². The molecule has 2 fully saturated rings. The first-order chi connectivity index (χ1) is 10.5. The summed E-state index contributed by atoms with van der Waals surface area (Å²) in [5.74, 6) is 0.736. The standard InChI is InChI=1S/C14H24N4O3S/c1-11(2)22(19,20)17-6-5-14(8-17)18-7-13(15-16-18)10-21-9-12-3-4-12/h7,11-12,14H,3-6,8-10H2,1-2H3/t14-/m0/s1. The van der Waals surface area contributed by atoms with Crippen LogP contribution in [0.1, 0.15) is 44.8 Å². The molecule has 2 heterocycles. The molecule has 1 atom stereocenters. The molecule has 3 rings (SSSR count). The summed E-state index contributed by atoms with van der Waals surface area (Å²) in [6, 6.07) is 0.0678. The molecular weight excluding hydrogens is 304 g/mol. The fourth-order valence-corrected chi connectivity index (χ4v) is 3.96. The van der Waals surface area contributed by atoms with Crippen LogP contribution in [0.5, 0.6) is 0 Å². The Morgan fingerprint density at radius 1 is 1.36 bits per heavy atom. The van der Waals surface area contributed by atoms with Gasteiger partial charge < -0.3 is 4.74 Å². The molecule has 2 aliphatic rings. The van der Waals surface area contributed by atoms with Crippen LogP contribution >= 0.6 is 0 Å². The Morgan fingerprint density at radius 3 is 2.82 bits per heavy atom. The molecule has 0 aromatic carbocycles. The van der Waals surface area contributed by atoms with Crippen LogP contribution in [-0.2, 0) is 21.4 Å². The third-order valence-corrected chi connectivity index (χ3v) is 6.56. The topological polar surface area (TPSA) is 77.3 Å². The second-order valence-corrected chi connectivity index (χ2v) is 9.03. The quantitative estimate of drug-likeness (QED) is 0.751. The van der Waals surface area contributed by atoms with Gasteiger partial charge in [0.25, 0.3) is 0 Å². The molecule has 0 N–H and O–H groups in total. The number of nitrogens with zero attached hydrogens (tertiary/aromatic N) is 4. The van der Waals surface area contributed by atoms with Crippen molar-refractivity contribution in [2.75, 3.05) is 19.7 Å². The molecule has 1 saturated heterocycles. The van der Waals surface area contributed by atoms with Gasteiger partial charge in [-0.1, -0.05) is 5.21 Å². The highest BCUT2D eigenvalue weighted by Gasteiger charge is 2.34. The van der Waals surface area contributed by atoms with Crippen LogP contribution in [0.4, 0.5) is 0 Å². The Balaban J connectivity index is 1.55. The van der Waals surface area contributed by atoms with Gasteiger partial charge >= 0.3 is 0 Å². The van der Waals surface area contributed by atoms with Crippen molar-refractivity contribution < 1.29 is 13.2 Å². The van der Waals surface area contributed by atoms with Gasteiger partial charge in [-0.2, -0.15) is 4.31 Å². The molecule has 124 valence electrons. The van der Waals surface area contributed by atoms with E-state index in [9.17, 15) is 8.42 Å². The van der Waals surface area contributed by atoms with E-state index in [2.05, 4.69) is 10.3 Å². The minimum atomic E-state index is -3.18. The lowest BCUT2D eigenvalue weighted by Crippen LogP contribution is -2.34. The molecule has 0 bridgehead atoms. The van der Waals surface area contributed by atoms with Crippen molar-refractivity contribution in [1.82, 2.24) is 19.3 Å². The highest BCUT2D eigenvalue weighted by Crippen LogP contribution is 2.29. The maximum absolute atomic E-state index is 12.2. The first-order valence-electron chi connectivity index (χ1n) is 7.94. The average Bonchev–Trinajstić information content (AvgIpc) is 2.98. The monoisotopic (exact) mass is 328 g/mol. The second kappa shape index (κ2) is 6.25. The summed E-state index contributed by atoms with van der Waals surface area (Å²) in [4.78, 5) is 0. The molecule has 0 radical (unpaired) electrons. The molecule has 1 aliphatic heterocycles. The third-order valence-electron chi connectivity index (χ3n) is 4.31. The molecule has 22 heavy (non-hydrogen) atoms. The third kappa shape index (κ3) is 3.49. The van der Waals surface area contributed by atoms with Gasteiger partial charge in [0.2, 0.25) is 10.0 Å². The van der Waals surface area contributed by atoms with Gasteiger partial charge in [-0.25, -0.2) is 13.1 Å². The number of hydrogen-bond acceptors (Lipinski definition) is 5. The Hall–Kier alpha value is -0.990.